The highest BCUT2D eigenvalue weighted by molar-refractivity contribution is 9.10. The summed E-state index contributed by atoms with van der Waals surface area (Å²) in [5, 5.41) is 50.6. The first-order chi connectivity index (χ1) is 30.7. The number of hydrogen-bond donors (Lipinski definition) is 4. The highest BCUT2D eigenvalue weighted by Gasteiger charge is 2.44. The molecule has 8 rings (SSSR count). The molecule has 4 atom stereocenters. The molecular weight excluding hydrogens is 924 g/mol. The lowest BCUT2D eigenvalue weighted by Gasteiger charge is -2.29. The number of aliphatic hydroxyl groups is 4. The number of halogens is 1. The SMILES string of the molecule is C.C.C#C[C@]1(O)CCN(C)C1=O.CCOC(=O)c1nn(-c2cccc(Br)c2)c2c1C(C)(O)CCC2.CCOC(=O)c1nn(-c2cccc(C#C[C@]3(O)CCN(C)C3=O)c2)c2c1C(C)(O)CCC2. The Labute approximate surface area is 401 Å². The van der Waals surface area contributed by atoms with E-state index in [4.69, 9.17) is 15.9 Å². The third kappa shape index (κ3) is 11.1. The fourth-order valence-electron chi connectivity index (χ4n) is 8.52. The van der Waals surface area contributed by atoms with E-state index in [9.17, 15) is 39.6 Å². The van der Waals surface area contributed by atoms with Gasteiger partial charge in [0.05, 0.1) is 47.2 Å². The normalized spacial score (nSPS) is 23.6. The quantitative estimate of drug-likeness (QED) is 0.142. The minimum Gasteiger partial charge on any atom is -0.461 e. The molecule has 16 nitrogen and oxygen atoms in total. The molecule has 0 radical (unpaired) electrons. The summed E-state index contributed by atoms with van der Waals surface area (Å²) < 4.78 is 14.6. The maximum absolute atomic E-state index is 12.6. The second kappa shape index (κ2) is 21.4. The van der Waals surface area contributed by atoms with E-state index in [-0.39, 0.29) is 51.8 Å². The molecule has 4 heterocycles. The van der Waals surface area contributed by atoms with Gasteiger partial charge in [-0.1, -0.05) is 60.7 Å². The molecule has 4 aliphatic rings. The minimum atomic E-state index is -1.68. The molecule has 2 amide bonds. The average molecular weight is 988 g/mol. The van der Waals surface area contributed by atoms with E-state index in [2.05, 4.69) is 43.9 Å². The summed E-state index contributed by atoms with van der Waals surface area (Å²) in [6.07, 6.45) is 9.76. The highest BCUT2D eigenvalue weighted by atomic mass is 79.9. The zero-order valence-electron chi connectivity index (χ0n) is 37.5. The molecule has 2 aromatic heterocycles. The number of likely N-dealkylation sites (N-methyl/N-ethyl adjacent to an activating group) is 2. The van der Waals surface area contributed by atoms with Crippen LogP contribution in [-0.4, -0.2) is 125 Å². The van der Waals surface area contributed by atoms with Gasteiger partial charge in [0.25, 0.3) is 11.8 Å². The third-order valence-electron chi connectivity index (χ3n) is 11.9. The Balaban J connectivity index is 0.000000244. The van der Waals surface area contributed by atoms with Crippen LogP contribution in [0.4, 0.5) is 0 Å². The van der Waals surface area contributed by atoms with E-state index in [0.717, 1.165) is 40.8 Å². The van der Waals surface area contributed by atoms with E-state index in [1.807, 2.05) is 30.3 Å². The van der Waals surface area contributed by atoms with Crippen LogP contribution in [0.2, 0.25) is 0 Å². The topological polar surface area (TPSA) is 210 Å². The van der Waals surface area contributed by atoms with Crippen molar-refractivity contribution in [1.82, 2.24) is 29.4 Å². The molecule has 0 spiro atoms. The summed E-state index contributed by atoms with van der Waals surface area (Å²) in [4.78, 5) is 50.9. The number of benzene rings is 2. The van der Waals surface area contributed by atoms with Crippen LogP contribution in [-0.2, 0) is 43.1 Å². The van der Waals surface area contributed by atoms with Crippen molar-refractivity contribution in [1.29, 1.82) is 0 Å². The summed E-state index contributed by atoms with van der Waals surface area (Å²) in [5.41, 5.74) is -0.236. The number of fused-ring (bicyclic) bond motifs is 2. The van der Waals surface area contributed by atoms with Crippen LogP contribution in [0.25, 0.3) is 11.4 Å². The molecule has 4 aromatic rings. The molecule has 360 valence electrons. The van der Waals surface area contributed by atoms with Crippen LogP contribution in [0.15, 0.2) is 53.0 Å². The monoisotopic (exact) mass is 986 g/mol. The van der Waals surface area contributed by atoms with Crippen molar-refractivity contribution >= 4 is 39.7 Å². The molecule has 2 fully saturated rings. The summed E-state index contributed by atoms with van der Waals surface area (Å²) in [6.45, 7) is 8.40. The van der Waals surface area contributed by atoms with E-state index < -0.39 is 40.2 Å². The third-order valence-corrected chi connectivity index (χ3v) is 12.4. The second-order valence-corrected chi connectivity index (χ2v) is 17.9. The molecule has 0 bridgehead atoms. The zero-order chi connectivity index (χ0) is 47.5. The number of carbonyl (C=O) groups excluding carboxylic acids is 4. The van der Waals surface area contributed by atoms with E-state index in [1.54, 1.807) is 69.4 Å². The molecule has 4 N–H and O–H groups in total. The zero-order valence-corrected chi connectivity index (χ0v) is 39.1. The average Bonchev–Trinajstić information content (AvgIpc) is 4.01. The van der Waals surface area contributed by atoms with Gasteiger partial charge in [0.15, 0.2) is 11.4 Å². The summed E-state index contributed by atoms with van der Waals surface area (Å²) >= 11 is 3.46. The van der Waals surface area contributed by atoms with E-state index >= 15 is 0 Å². The number of likely N-dealkylation sites (tertiary alicyclic amines) is 2. The van der Waals surface area contributed by atoms with Gasteiger partial charge in [0.1, 0.15) is 0 Å². The standard InChI is InChI=1S/C24H27N3O5.C17H19BrN2O3.C7H9NO2.2CH4/c1-4-32-21(28)20-19-18(9-6-11-23(19,2)30)27(25-20)17-8-5-7-16(15-17)10-12-24(31)13-14-26(3)22(24)29;1-3-23-16(21)15-14-13(8-5-9-17(14,2)22)20(19-15)12-7-4-6-11(18)10-12;1-3-7(10)4-5-8(2)6(7)9;;/h5,7-8,15,30-31H,4,6,9,11,13-14H2,1-3H3;4,6-7,10,22H,3,5,8-9H2,1-2H3;1,10H,4-5H2,2H3;2*1H4/t23?,24-;;7-;;/m0.0../s1. The van der Waals surface area contributed by atoms with Gasteiger partial charge in [-0.25, -0.2) is 19.0 Å². The van der Waals surface area contributed by atoms with Crippen molar-refractivity contribution in [3.63, 3.8) is 0 Å². The first-order valence-corrected chi connectivity index (χ1v) is 22.4. The number of aromatic nitrogens is 4. The number of amides is 2. The summed E-state index contributed by atoms with van der Waals surface area (Å²) in [6, 6.07) is 14.9. The molecular formula is C50H63BrN6O10. The van der Waals surface area contributed by atoms with Crippen molar-refractivity contribution in [2.24, 2.45) is 0 Å². The Kier molecular flexibility index (Phi) is 17.2. The Hall–Kier alpha value is -5.82. The molecule has 2 saturated heterocycles. The van der Waals surface area contributed by atoms with Crippen molar-refractivity contribution in [3.8, 4) is 35.6 Å². The van der Waals surface area contributed by atoms with Crippen LogP contribution in [0, 0.1) is 24.2 Å². The van der Waals surface area contributed by atoms with Gasteiger partial charge >= 0.3 is 11.9 Å². The molecule has 2 aliphatic heterocycles. The van der Waals surface area contributed by atoms with Crippen LogP contribution in [0.3, 0.4) is 0 Å². The smallest absolute Gasteiger partial charge is 0.359 e. The molecule has 67 heavy (non-hydrogen) atoms. The lowest BCUT2D eigenvalue weighted by atomic mass is 9.82. The van der Waals surface area contributed by atoms with Crippen LogP contribution >= 0.6 is 15.9 Å². The molecule has 0 saturated carbocycles. The number of esters is 2. The summed E-state index contributed by atoms with van der Waals surface area (Å²) in [7, 11) is 3.26. The lowest BCUT2D eigenvalue weighted by molar-refractivity contribution is -0.138. The Bertz CT molecular complexity index is 2600. The lowest BCUT2D eigenvalue weighted by Crippen LogP contribution is -2.37. The van der Waals surface area contributed by atoms with Crippen molar-refractivity contribution in [2.75, 3.05) is 40.4 Å². The Morgan fingerprint density at radius 2 is 1.18 bits per heavy atom. The van der Waals surface area contributed by atoms with Crippen LogP contribution < -0.4 is 0 Å². The predicted octanol–water partition coefficient (Wildman–Crippen LogP) is 5.38. The van der Waals surface area contributed by atoms with Gasteiger partial charge in [0.2, 0.25) is 11.2 Å². The highest BCUT2D eigenvalue weighted by Crippen LogP contribution is 2.40. The van der Waals surface area contributed by atoms with Gasteiger partial charge in [-0.2, -0.15) is 10.2 Å². The Morgan fingerprint density at radius 3 is 1.58 bits per heavy atom. The maximum atomic E-state index is 12.6. The van der Waals surface area contributed by atoms with E-state index in [0.29, 0.717) is 61.2 Å². The van der Waals surface area contributed by atoms with Gasteiger partial charge in [-0.15, -0.1) is 6.42 Å². The number of ether oxygens (including phenoxy) is 2. The van der Waals surface area contributed by atoms with Gasteiger partial charge in [-0.05, 0) is 103 Å². The first-order valence-electron chi connectivity index (χ1n) is 21.6. The molecule has 2 aliphatic carbocycles. The second-order valence-electron chi connectivity index (χ2n) is 17.0. The summed E-state index contributed by atoms with van der Waals surface area (Å²) in [5.74, 6) is 5.89. The number of carbonyl (C=O) groups is 4. The van der Waals surface area contributed by atoms with Gasteiger partial charge in [-0.3, -0.25) is 9.59 Å². The largest absolute Gasteiger partial charge is 0.461 e. The van der Waals surface area contributed by atoms with Crippen LogP contribution in [0.1, 0.15) is 130 Å². The Morgan fingerprint density at radius 1 is 0.731 bits per heavy atom. The molecule has 17 heteroatoms. The minimum absolute atomic E-state index is 0. The maximum Gasteiger partial charge on any atom is 0.359 e. The predicted molar refractivity (Wildman–Crippen MR) is 255 cm³/mol. The molecule has 2 aromatic carbocycles. The van der Waals surface area contributed by atoms with E-state index in [1.165, 1.54) is 9.80 Å². The fourth-order valence-corrected chi connectivity index (χ4v) is 8.90. The van der Waals surface area contributed by atoms with Crippen molar-refractivity contribution in [3.05, 3.63) is 92.5 Å². The molecule has 2 unspecified atom stereocenters. The fraction of sp³-hybridized carbons (Fsp3) is 0.480. The number of terminal acetylenes is 1. The van der Waals surface area contributed by atoms with Gasteiger partial charge in [0, 0.05) is 61.2 Å². The number of nitrogens with zero attached hydrogens (tertiary/aromatic N) is 6. The number of hydrogen-bond acceptors (Lipinski definition) is 12. The number of rotatable bonds is 6. The first kappa shape index (κ1) is 53.8. The van der Waals surface area contributed by atoms with Gasteiger partial charge < -0.3 is 39.7 Å². The van der Waals surface area contributed by atoms with Crippen LogP contribution in [0.5, 0.6) is 0 Å². The van der Waals surface area contributed by atoms with Crippen molar-refractivity contribution < 1.29 is 49.1 Å². The van der Waals surface area contributed by atoms with Crippen molar-refractivity contribution in [2.45, 2.75) is 116 Å².